The van der Waals surface area contributed by atoms with Crippen molar-refractivity contribution in [1.29, 1.82) is 0 Å². The maximum atomic E-state index is 5.95. The molecular weight excluding hydrogens is 219 g/mol. The topological polar surface area (TPSA) is 9.23 Å². The Labute approximate surface area is 93.3 Å². The summed E-state index contributed by atoms with van der Waals surface area (Å²) in [7, 11) is 0. The first kappa shape index (κ1) is 9.88. The third kappa shape index (κ3) is 2.05. The number of hydrogen-bond acceptors (Lipinski definition) is 1. The van der Waals surface area contributed by atoms with E-state index >= 15 is 0 Å². The highest BCUT2D eigenvalue weighted by Crippen LogP contribution is 2.29. The molecule has 1 unspecified atom stereocenters. The molecule has 0 radical (unpaired) electrons. The molecular formula is C11H10Cl2O. The van der Waals surface area contributed by atoms with E-state index in [2.05, 4.69) is 0 Å². The molecule has 2 rings (SSSR count). The van der Waals surface area contributed by atoms with Crippen LogP contribution in [0.4, 0.5) is 0 Å². The van der Waals surface area contributed by atoms with Crippen LogP contribution in [0.5, 0.6) is 0 Å². The zero-order valence-corrected chi connectivity index (χ0v) is 9.05. The molecule has 1 heterocycles. The van der Waals surface area contributed by atoms with Gasteiger partial charge in [0, 0.05) is 5.92 Å². The molecule has 1 nitrogen and oxygen atoms in total. The average Bonchev–Trinajstić information content (AvgIpc) is 2.23. The average molecular weight is 229 g/mol. The van der Waals surface area contributed by atoms with Gasteiger partial charge in [-0.1, -0.05) is 29.3 Å². The summed E-state index contributed by atoms with van der Waals surface area (Å²) in [5, 5.41) is 1.22. The van der Waals surface area contributed by atoms with Gasteiger partial charge in [0.2, 0.25) is 0 Å². The van der Waals surface area contributed by atoms with Gasteiger partial charge in [0.05, 0.1) is 22.9 Å². The van der Waals surface area contributed by atoms with Crippen LogP contribution < -0.4 is 0 Å². The highest BCUT2D eigenvalue weighted by molar-refractivity contribution is 6.42. The van der Waals surface area contributed by atoms with Crippen molar-refractivity contribution < 1.29 is 4.74 Å². The molecule has 0 saturated carbocycles. The highest BCUT2D eigenvalue weighted by atomic mass is 35.5. The molecule has 0 spiro atoms. The molecule has 1 aliphatic heterocycles. The van der Waals surface area contributed by atoms with Gasteiger partial charge in [0.1, 0.15) is 0 Å². The van der Waals surface area contributed by atoms with E-state index in [0.717, 1.165) is 13.0 Å². The Bertz CT molecular complexity index is 360. The lowest BCUT2D eigenvalue weighted by Crippen LogP contribution is -2.04. The summed E-state index contributed by atoms with van der Waals surface area (Å²) in [5.41, 5.74) is 1.19. The summed E-state index contributed by atoms with van der Waals surface area (Å²) in [6, 6.07) is 5.77. The zero-order valence-electron chi connectivity index (χ0n) is 7.54. The molecule has 0 amide bonds. The Hall–Kier alpha value is -0.660. The predicted octanol–water partition coefficient (Wildman–Crippen LogP) is 4.01. The van der Waals surface area contributed by atoms with E-state index < -0.39 is 0 Å². The van der Waals surface area contributed by atoms with E-state index in [-0.39, 0.29) is 0 Å². The fraction of sp³-hybridized carbons (Fsp3) is 0.273. The third-order valence-electron chi connectivity index (χ3n) is 2.33. The molecule has 1 aromatic carbocycles. The van der Waals surface area contributed by atoms with Crippen LogP contribution in [0.25, 0.3) is 0 Å². The molecule has 74 valence electrons. The number of allylic oxidation sites excluding steroid dienone is 1. The van der Waals surface area contributed by atoms with Gasteiger partial charge in [-0.05, 0) is 30.2 Å². The minimum atomic E-state index is 0.401. The van der Waals surface area contributed by atoms with Crippen LogP contribution in [0.3, 0.4) is 0 Å². The smallest absolute Gasteiger partial charge is 0.0882 e. The second kappa shape index (κ2) is 4.24. The molecule has 1 atom stereocenters. The van der Waals surface area contributed by atoms with Crippen molar-refractivity contribution in [3.8, 4) is 0 Å². The van der Waals surface area contributed by atoms with Crippen LogP contribution in [0.15, 0.2) is 30.5 Å². The lowest BCUT2D eigenvalue weighted by molar-refractivity contribution is 0.223. The minimum absolute atomic E-state index is 0.401. The fourth-order valence-corrected chi connectivity index (χ4v) is 1.84. The maximum absolute atomic E-state index is 5.95. The van der Waals surface area contributed by atoms with E-state index in [1.54, 1.807) is 6.26 Å². The summed E-state index contributed by atoms with van der Waals surface area (Å²) in [6.45, 7) is 0.765. The Kier molecular flexibility index (Phi) is 2.99. The molecule has 3 heteroatoms. The van der Waals surface area contributed by atoms with Crippen molar-refractivity contribution in [2.24, 2.45) is 0 Å². The molecule has 0 aromatic heterocycles. The van der Waals surface area contributed by atoms with Crippen molar-refractivity contribution in [3.63, 3.8) is 0 Å². The summed E-state index contributed by atoms with van der Waals surface area (Å²) in [6.07, 6.45) is 4.79. The summed E-state index contributed by atoms with van der Waals surface area (Å²) in [5.74, 6) is 0.401. The maximum Gasteiger partial charge on any atom is 0.0882 e. The quantitative estimate of drug-likeness (QED) is 0.706. The minimum Gasteiger partial charge on any atom is -0.501 e. The van der Waals surface area contributed by atoms with Crippen LogP contribution >= 0.6 is 23.2 Å². The van der Waals surface area contributed by atoms with Gasteiger partial charge in [0.15, 0.2) is 0 Å². The van der Waals surface area contributed by atoms with E-state index in [4.69, 9.17) is 27.9 Å². The Balaban J connectivity index is 2.27. The molecule has 1 aliphatic rings. The second-order valence-electron chi connectivity index (χ2n) is 3.27. The number of benzene rings is 1. The molecule has 0 fully saturated rings. The van der Waals surface area contributed by atoms with Crippen LogP contribution in [-0.4, -0.2) is 6.61 Å². The van der Waals surface area contributed by atoms with Gasteiger partial charge in [-0.3, -0.25) is 0 Å². The van der Waals surface area contributed by atoms with Gasteiger partial charge < -0.3 is 4.74 Å². The van der Waals surface area contributed by atoms with E-state index in [1.807, 2.05) is 24.3 Å². The molecule has 14 heavy (non-hydrogen) atoms. The van der Waals surface area contributed by atoms with E-state index in [1.165, 1.54) is 5.56 Å². The van der Waals surface area contributed by atoms with E-state index in [9.17, 15) is 0 Å². The van der Waals surface area contributed by atoms with Crippen LogP contribution in [0, 0.1) is 0 Å². The van der Waals surface area contributed by atoms with Gasteiger partial charge in [-0.15, -0.1) is 0 Å². The molecule has 0 bridgehead atoms. The largest absolute Gasteiger partial charge is 0.501 e. The number of halogens is 2. The highest BCUT2D eigenvalue weighted by Gasteiger charge is 2.12. The van der Waals surface area contributed by atoms with Crippen LogP contribution in [0.1, 0.15) is 17.9 Å². The molecule has 1 aromatic rings. The molecule has 0 N–H and O–H groups in total. The molecule has 0 aliphatic carbocycles. The lowest BCUT2D eigenvalue weighted by atomic mass is 9.95. The monoisotopic (exact) mass is 228 g/mol. The van der Waals surface area contributed by atoms with Crippen molar-refractivity contribution in [2.45, 2.75) is 12.3 Å². The first-order valence-electron chi connectivity index (χ1n) is 4.50. The standard InChI is InChI=1S/C11H10Cl2O/c12-10-2-1-9(7-11(10)13)8-3-5-14-6-4-8/h1-3,5,7-8H,4,6H2. The van der Waals surface area contributed by atoms with Crippen molar-refractivity contribution >= 4 is 23.2 Å². The van der Waals surface area contributed by atoms with Gasteiger partial charge in [0.25, 0.3) is 0 Å². The zero-order chi connectivity index (χ0) is 9.97. The first-order chi connectivity index (χ1) is 6.77. The molecule has 0 saturated heterocycles. The van der Waals surface area contributed by atoms with Gasteiger partial charge in [-0.2, -0.15) is 0 Å². The van der Waals surface area contributed by atoms with Gasteiger partial charge >= 0.3 is 0 Å². The van der Waals surface area contributed by atoms with Crippen molar-refractivity contribution in [3.05, 3.63) is 46.1 Å². The Morgan fingerprint density at radius 3 is 2.71 bits per heavy atom. The van der Waals surface area contributed by atoms with Gasteiger partial charge in [-0.25, -0.2) is 0 Å². The third-order valence-corrected chi connectivity index (χ3v) is 3.06. The fourth-order valence-electron chi connectivity index (χ4n) is 1.53. The number of rotatable bonds is 1. The summed E-state index contributed by atoms with van der Waals surface area (Å²) < 4.78 is 5.14. The summed E-state index contributed by atoms with van der Waals surface area (Å²) >= 11 is 11.8. The van der Waals surface area contributed by atoms with Crippen molar-refractivity contribution in [2.75, 3.05) is 6.61 Å². The Morgan fingerprint density at radius 2 is 2.07 bits per heavy atom. The lowest BCUT2D eigenvalue weighted by Gasteiger charge is -2.17. The predicted molar refractivity (Wildman–Crippen MR) is 58.9 cm³/mol. The first-order valence-corrected chi connectivity index (χ1v) is 5.26. The van der Waals surface area contributed by atoms with E-state index in [0.29, 0.717) is 16.0 Å². The van der Waals surface area contributed by atoms with Crippen molar-refractivity contribution in [1.82, 2.24) is 0 Å². The number of ether oxygens (including phenoxy) is 1. The Morgan fingerprint density at radius 1 is 1.21 bits per heavy atom. The second-order valence-corrected chi connectivity index (χ2v) is 4.08. The summed E-state index contributed by atoms with van der Waals surface area (Å²) in [4.78, 5) is 0. The normalized spacial score (nSPS) is 20.6. The van der Waals surface area contributed by atoms with Crippen LogP contribution in [0.2, 0.25) is 10.0 Å². The SMILES string of the molecule is Clc1ccc(C2C=COCC2)cc1Cl. The number of hydrogen-bond donors (Lipinski definition) is 0. The van der Waals surface area contributed by atoms with Crippen LogP contribution in [-0.2, 0) is 4.74 Å².